The van der Waals surface area contributed by atoms with E-state index in [2.05, 4.69) is 17.9 Å². The van der Waals surface area contributed by atoms with Crippen LogP contribution in [0.25, 0.3) is 0 Å². The molecule has 0 unspecified atom stereocenters. The second-order valence-corrected chi connectivity index (χ2v) is 2.49. The van der Waals surface area contributed by atoms with Crippen LogP contribution in [0.3, 0.4) is 0 Å². The molecular weight excluding hydrogens is 232 g/mol. The van der Waals surface area contributed by atoms with Crippen LogP contribution < -0.4 is 16.8 Å². The molecule has 0 aliphatic heterocycles. The van der Waals surface area contributed by atoms with Gasteiger partial charge < -0.3 is 0 Å². The van der Waals surface area contributed by atoms with Gasteiger partial charge in [0.05, 0.1) is 0 Å². The van der Waals surface area contributed by atoms with Crippen LogP contribution in [0, 0.1) is 0 Å². The Morgan fingerprint density at radius 3 is 1.92 bits per heavy atom. The maximum Gasteiger partial charge on any atom is 0.0113 e. The monoisotopic (exact) mass is 253 g/mol. The van der Waals surface area contributed by atoms with E-state index in [0.717, 1.165) is 6.54 Å². The molecule has 0 saturated heterocycles. The molecule has 0 aromatic heterocycles. The molecule has 0 rings (SSSR count). The molecule has 0 amide bonds. The lowest BCUT2D eigenvalue weighted by Crippen LogP contribution is -2.38. The molecule has 13 heavy (non-hydrogen) atoms. The summed E-state index contributed by atoms with van der Waals surface area (Å²) in [7, 11) is 0. The molecular formula is C7H22Cl3N3. The fourth-order valence-corrected chi connectivity index (χ4v) is 0.889. The molecule has 4 N–H and O–H groups in total. The Hall–Kier alpha value is 0.750. The highest BCUT2D eigenvalue weighted by molar-refractivity contribution is 5.86. The first-order valence-electron chi connectivity index (χ1n) is 4.10. The summed E-state index contributed by atoms with van der Waals surface area (Å²) >= 11 is 0. The summed E-state index contributed by atoms with van der Waals surface area (Å²) in [6.07, 6.45) is 6.54. The fourth-order valence-electron chi connectivity index (χ4n) is 0.889. The predicted molar refractivity (Wildman–Crippen MR) is 65.8 cm³/mol. The van der Waals surface area contributed by atoms with Gasteiger partial charge in [0.2, 0.25) is 0 Å². The zero-order valence-electron chi connectivity index (χ0n) is 8.04. The van der Waals surface area contributed by atoms with Crippen molar-refractivity contribution in [3.63, 3.8) is 0 Å². The Morgan fingerprint density at radius 1 is 0.923 bits per heavy atom. The van der Waals surface area contributed by atoms with Crippen molar-refractivity contribution in [1.82, 2.24) is 11.0 Å². The number of unbranched alkanes of at least 4 members (excludes halogenated alkanes) is 4. The molecule has 0 saturated carbocycles. The van der Waals surface area contributed by atoms with Crippen LogP contribution in [0.1, 0.15) is 39.0 Å². The Labute approximate surface area is 99.8 Å². The molecule has 0 aliphatic carbocycles. The van der Waals surface area contributed by atoms with Gasteiger partial charge in [-0.3, -0.25) is 5.84 Å². The van der Waals surface area contributed by atoms with E-state index in [1.807, 2.05) is 0 Å². The SMILES string of the molecule is CCCCCCCNNN.Cl.Cl.Cl. The van der Waals surface area contributed by atoms with Gasteiger partial charge in [-0.2, -0.15) is 5.53 Å². The zero-order chi connectivity index (χ0) is 7.66. The number of nitrogens with one attached hydrogen (secondary N) is 2. The number of nitrogens with two attached hydrogens (primary N) is 1. The summed E-state index contributed by atoms with van der Waals surface area (Å²) in [5, 5.41) is 0. The van der Waals surface area contributed by atoms with Crippen LogP contribution in [0.5, 0.6) is 0 Å². The van der Waals surface area contributed by atoms with E-state index in [0.29, 0.717) is 0 Å². The first-order valence-corrected chi connectivity index (χ1v) is 4.10. The van der Waals surface area contributed by atoms with E-state index in [-0.39, 0.29) is 37.2 Å². The summed E-state index contributed by atoms with van der Waals surface area (Å²) in [5.41, 5.74) is 5.26. The van der Waals surface area contributed by atoms with E-state index in [1.54, 1.807) is 0 Å². The Kier molecular flexibility index (Phi) is 41.6. The van der Waals surface area contributed by atoms with Crippen LogP contribution in [0.4, 0.5) is 0 Å². The smallest absolute Gasteiger partial charge is 0.0113 e. The van der Waals surface area contributed by atoms with Gasteiger partial charge in [0.25, 0.3) is 0 Å². The maximum atomic E-state index is 5.01. The third-order valence-corrected chi connectivity index (χ3v) is 1.51. The van der Waals surface area contributed by atoms with Crippen molar-refractivity contribution in [3.8, 4) is 0 Å². The summed E-state index contributed by atoms with van der Waals surface area (Å²) in [6.45, 7) is 3.19. The topological polar surface area (TPSA) is 50.1 Å². The molecule has 0 aromatic rings. The summed E-state index contributed by atoms with van der Waals surface area (Å²) < 4.78 is 0. The van der Waals surface area contributed by atoms with E-state index in [4.69, 9.17) is 5.84 Å². The zero-order valence-corrected chi connectivity index (χ0v) is 10.5. The molecule has 0 spiro atoms. The van der Waals surface area contributed by atoms with E-state index in [1.165, 1.54) is 32.1 Å². The minimum absolute atomic E-state index is 0. The van der Waals surface area contributed by atoms with Gasteiger partial charge in [-0.25, -0.2) is 5.43 Å². The van der Waals surface area contributed by atoms with Gasteiger partial charge in [-0.05, 0) is 6.42 Å². The van der Waals surface area contributed by atoms with Crippen molar-refractivity contribution in [2.75, 3.05) is 6.54 Å². The molecule has 0 aliphatic rings. The summed E-state index contributed by atoms with van der Waals surface area (Å²) in [6, 6.07) is 0. The highest BCUT2D eigenvalue weighted by Gasteiger charge is 1.86. The number of hydrogen-bond acceptors (Lipinski definition) is 3. The van der Waals surface area contributed by atoms with Crippen molar-refractivity contribution in [1.29, 1.82) is 0 Å². The first kappa shape index (κ1) is 23.5. The van der Waals surface area contributed by atoms with Crippen LogP contribution >= 0.6 is 37.2 Å². The minimum Gasteiger partial charge on any atom is -0.258 e. The van der Waals surface area contributed by atoms with Crippen LogP contribution in [-0.4, -0.2) is 6.54 Å². The van der Waals surface area contributed by atoms with Gasteiger partial charge in [-0.1, -0.05) is 32.6 Å². The largest absolute Gasteiger partial charge is 0.258 e. The van der Waals surface area contributed by atoms with Crippen molar-refractivity contribution >= 4 is 37.2 Å². The third-order valence-electron chi connectivity index (χ3n) is 1.51. The molecule has 6 heteroatoms. The van der Waals surface area contributed by atoms with Crippen molar-refractivity contribution in [2.45, 2.75) is 39.0 Å². The average molecular weight is 255 g/mol. The van der Waals surface area contributed by atoms with Crippen molar-refractivity contribution in [2.24, 2.45) is 5.84 Å². The average Bonchev–Trinajstić information content (AvgIpc) is 1.97. The predicted octanol–water partition coefficient (Wildman–Crippen LogP) is 2.19. The van der Waals surface area contributed by atoms with Crippen molar-refractivity contribution in [3.05, 3.63) is 0 Å². The van der Waals surface area contributed by atoms with Gasteiger partial charge >= 0.3 is 0 Å². The second-order valence-electron chi connectivity index (χ2n) is 2.49. The number of hydrogen-bond donors (Lipinski definition) is 3. The lowest BCUT2D eigenvalue weighted by Gasteiger charge is -2.00. The lowest BCUT2D eigenvalue weighted by molar-refractivity contribution is 0.516. The van der Waals surface area contributed by atoms with Crippen LogP contribution in [-0.2, 0) is 0 Å². The summed E-state index contributed by atoms with van der Waals surface area (Å²) in [5.74, 6) is 5.01. The van der Waals surface area contributed by atoms with E-state index >= 15 is 0 Å². The van der Waals surface area contributed by atoms with E-state index in [9.17, 15) is 0 Å². The quantitative estimate of drug-likeness (QED) is 0.371. The van der Waals surface area contributed by atoms with Crippen molar-refractivity contribution < 1.29 is 0 Å². The Bertz CT molecular complexity index is 58.9. The summed E-state index contributed by atoms with van der Waals surface area (Å²) in [4.78, 5) is 0. The molecule has 0 atom stereocenters. The van der Waals surface area contributed by atoms with Gasteiger partial charge in [-0.15, -0.1) is 37.2 Å². The Morgan fingerprint density at radius 2 is 1.46 bits per heavy atom. The molecule has 0 heterocycles. The number of halogens is 3. The highest BCUT2D eigenvalue weighted by atomic mass is 35.5. The fraction of sp³-hybridized carbons (Fsp3) is 1.00. The van der Waals surface area contributed by atoms with Crippen LogP contribution in [0.2, 0.25) is 0 Å². The molecule has 0 radical (unpaired) electrons. The molecule has 3 nitrogen and oxygen atoms in total. The first-order chi connectivity index (χ1) is 4.91. The normalized spacial score (nSPS) is 7.85. The standard InChI is InChI=1S/C7H19N3.3ClH/c1-2-3-4-5-6-7-9-10-8;;;/h9-10H,2-8H2,1H3;3*1H. The van der Waals surface area contributed by atoms with E-state index < -0.39 is 0 Å². The van der Waals surface area contributed by atoms with Gasteiger partial charge in [0.15, 0.2) is 0 Å². The third kappa shape index (κ3) is 24.5. The Balaban J connectivity index is -0.000000135. The molecule has 0 fully saturated rings. The number of rotatable bonds is 7. The molecule has 86 valence electrons. The van der Waals surface area contributed by atoms with Gasteiger partial charge in [0, 0.05) is 6.54 Å². The lowest BCUT2D eigenvalue weighted by atomic mass is 10.2. The highest BCUT2D eigenvalue weighted by Crippen LogP contribution is 2.00. The number of hydrazine groups is 2. The molecule has 0 bridgehead atoms. The maximum absolute atomic E-state index is 5.01. The van der Waals surface area contributed by atoms with Gasteiger partial charge in [0.1, 0.15) is 0 Å². The van der Waals surface area contributed by atoms with Crippen LogP contribution in [0.15, 0.2) is 0 Å². The second kappa shape index (κ2) is 23.0. The minimum atomic E-state index is 0. The molecule has 0 aromatic carbocycles.